The Morgan fingerprint density at radius 3 is 2.38 bits per heavy atom. The molecule has 0 spiro atoms. The summed E-state index contributed by atoms with van der Waals surface area (Å²) in [6.07, 6.45) is 18.1. The number of nitrogens with zero attached hydrogens (tertiary/aromatic N) is 1. The Hall–Kier alpha value is -0.640. The molecule has 198 valence electrons. The Bertz CT molecular complexity index is 664. The maximum Gasteiger partial charge on any atom is 0.219 e. The van der Waals surface area contributed by atoms with Crippen LogP contribution < -0.4 is 5.32 Å². The molecule has 0 aliphatic heterocycles. The first kappa shape index (κ1) is 27.9. The lowest BCUT2D eigenvalue weighted by atomic mass is 9.60. The summed E-state index contributed by atoms with van der Waals surface area (Å²) in [4.78, 5) is 11.7. The third kappa shape index (κ3) is 6.77. The smallest absolute Gasteiger partial charge is 0.219 e. The van der Waals surface area contributed by atoms with Gasteiger partial charge in [-0.25, -0.2) is 0 Å². The van der Waals surface area contributed by atoms with Crippen LogP contribution in [0.25, 0.3) is 0 Å². The standard InChI is InChI=1S/C30H56N2O2/c1-7-30(19-13-16-28(5,22-30)31-8-2)21-23(3)24(4)26-15-10-9-11-17-29(6,32(33)34)18-12-14-25-20-27(25)26/h23-27,31H,7-22H2,1-6H3. The fourth-order valence-electron chi connectivity index (χ4n) is 8.46. The van der Waals surface area contributed by atoms with Crippen molar-refractivity contribution in [2.24, 2.45) is 35.0 Å². The Morgan fingerprint density at radius 2 is 1.71 bits per heavy atom. The van der Waals surface area contributed by atoms with Gasteiger partial charge in [-0.05, 0) is 106 Å². The Kier molecular flexibility index (Phi) is 9.54. The van der Waals surface area contributed by atoms with Gasteiger partial charge in [0.2, 0.25) is 5.54 Å². The van der Waals surface area contributed by atoms with Crippen molar-refractivity contribution in [3.63, 3.8) is 0 Å². The van der Waals surface area contributed by atoms with Crippen LogP contribution in [0.5, 0.6) is 0 Å². The highest BCUT2D eigenvalue weighted by molar-refractivity contribution is 4.99. The van der Waals surface area contributed by atoms with Crippen molar-refractivity contribution < 1.29 is 4.92 Å². The molecule has 0 saturated heterocycles. The van der Waals surface area contributed by atoms with E-state index < -0.39 is 5.54 Å². The molecular weight excluding hydrogens is 420 g/mol. The van der Waals surface area contributed by atoms with E-state index in [0.717, 1.165) is 61.8 Å². The highest BCUT2D eigenvalue weighted by Crippen LogP contribution is 2.55. The monoisotopic (exact) mass is 476 g/mol. The average Bonchev–Trinajstić information content (AvgIpc) is 3.53. The molecule has 0 heterocycles. The van der Waals surface area contributed by atoms with Crippen LogP contribution in [0.1, 0.15) is 138 Å². The summed E-state index contributed by atoms with van der Waals surface area (Å²) >= 11 is 0. The van der Waals surface area contributed by atoms with E-state index in [1.807, 2.05) is 6.92 Å². The zero-order chi connectivity index (χ0) is 25.0. The normalized spacial score (nSPS) is 41.4. The summed E-state index contributed by atoms with van der Waals surface area (Å²) in [6, 6.07) is 0. The minimum atomic E-state index is -0.694. The van der Waals surface area contributed by atoms with Gasteiger partial charge in [-0.2, -0.15) is 0 Å². The zero-order valence-electron chi connectivity index (χ0n) is 23.5. The average molecular weight is 477 g/mol. The molecule has 0 bridgehead atoms. The molecule has 8 unspecified atom stereocenters. The Morgan fingerprint density at radius 1 is 0.971 bits per heavy atom. The summed E-state index contributed by atoms with van der Waals surface area (Å²) in [5, 5.41) is 15.5. The van der Waals surface area contributed by atoms with Crippen LogP contribution >= 0.6 is 0 Å². The van der Waals surface area contributed by atoms with E-state index in [4.69, 9.17) is 0 Å². The minimum absolute atomic E-state index is 0.0194. The Balaban J connectivity index is 1.63. The van der Waals surface area contributed by atoms with Crippen molar-refractivity contribution >= 4 is 0 Å². The molecule has 3 aliphatic carbocycles. The quantitative estimate of drug-likeness (QED) is 0.282. The highest BCUT2D eigenvalue weighted by atomic mass is 16.6. The molecule has 0 aromatic carbocycles. The maximum absolute atomic E-state index is 11.7. The summed E-state index contributed by atoms with van der Waals surface area (Å²) in [6.45, 7) is 15.3. The van der Waals surface area contributed by atoms with Crippen LogP contribution in [-0.2, 0) is 0 Å². The van der Waals surface area contributed by atoms with Gasteiger partial charge in [0.1, 0.15) is 0 Å². The lowest BCUT2D eigenvalue weighted by molar-refractivity contribution is -0.568. The maximum atomic E-state index is 11.7. The lowest BCUT2D eigenvalue weighted by Gasteiger charge is -2.49. The van der Waals surface area contributed by atoms with Crippen LogP contribution in [0, 0.1) is 45.1 Å². The van der Waals surface area contributed by atoms with Crippen molar-refractivity contribution in [3.05, 3.63) is 10.1 Å². The number of hydrogen-bond donors (Lipinski definition) is 1. The molecule has 3 aliphatic rings. The van der Waals surface area contributed by atoms with Gasteiger partial charge in [-0.1, -0.05) is 53.4 Å². The summed E-state index contributed by atoms with van der Waals surface area (Å²) in [5.74, 6) is 4.15. The highest BCUT2D eigenvalue weighted by Gasteiger charge is 2.47. The number of fused-ring (bicyclic) bond motifs is 1. The molecule has 4 heteroatoms. The molecule has 3 fully saturated rings. The van der Waals surface area contributed by atoms with Crippen LogP contribution in [0.4, 0.5) is 0 Å². The predicted octanol–water partition coefficient (Wildman–Crippen LogP) is 8.41. The lowest BCUT2D eigenvalue weighted by Crippen LogP contribution is -2.50. The van der Waals surface area contributed by atoms with E-state index in [1.54, 1.807) is 0 Å². The van der Waals surface area contributed by atoms with E-state index >= 15 is 0 Å². The van der Waals surface area contributed by atoms with E-state index in [2.05, 4.69) is 39.9 Å². The molecule has 0 radical (unpaired) electrons. The van der Waals surface area contributed by atoms with Crippen LogP contribution in [0.2, 0.25) is 0 Å². The van der Waals surface area contributed by atoms with E-state index in [0.29, 0.717) is 11.0 Å². The van der Waals surface area contributed by atoms with Crippen molar-refractivity contribution in [1.82, 2.24) is 5.32 Å². The molecule has 3 rings (SSSR count). The van der Waals surface area contributed by atoms with Gasteiger partial charge < -0.3 is 5.32 Å². The van der Waals surface area contributed by atoms with E-state index in [9.17, 15) is 10.1 Å². The molecule has 4 nitrogen and oxygen atoms in total. The minimum Gasteiger partial charge on any atom is -0.312 e. The second-order valence-corrected chi connectivity index (χ2v) is 13.6. The van der Waals surface area contributed by atoms with E-state index in [1.165, 1.54) is 70.6 Å². The molecule has 34 heavy (non-hydrogen) atoms. The topological polar surface area (TPSA) is 55.2 Å². The molecular formula is C30H56N2O2. The van der Waals surface area contributed by atoms with Gasteiger partial charge in [0.15, 0.2) is 0 Å². The fraction of sp³-hybridized carbons (Fsp3) is 1.00. The largest absolute Gasteiger partial charge is 0.312 e. The first-order valence-corrected chi connectivity index (χ1v) is 15.0. The number of rotatable bonds is 8. The summed E-state index contributed by atoms with van der Waals surface area (Å²) < 4.78 is 0. The van der Waals surface area contributed by atoms with Crippen molar-refractivity contribution in [1.29, 1.82) is 0 Å². The predicted molar refractivity (Wildman–Crippen MR) is 144 cm³/mol. The third-order valence-electron chi connectivity index (χ3n) is 10.9. The number of nitrogens with one attached hydrogen (secondary N) is 1. The Labute approximate surface area is 211 Å². The van der Waals surface area contributed by atoms with Crippen molar-refractivity contribution in [2.45, 2.75) is 149 Å². The first-order valence-electron chi connectivity index (χ1n) is 15.0. The van der Waals surface area contributed by atoms with Crippen molar-refractivity contribution in [3.8, 4) is 0 Å². The molecule has 8 atom stereocenters. The molecule has 1 N–H and O–H groups in total. The van der Waals surface area contributed by atoms with Gasteiger partial charge in [0.25, 0.3) is 0 Å². The molecule has 0 aromatic rings. The second-order valence-electron chi connectivity index (χ2n) is 13.6. The van der Waals surface area contributed by atoms with Gasteiger partial charge in [-0.3, -0.25) is 10.1 Å². The number of hydrogen-bond acceptors (Lipinski definition) is 3. The van der Waals surface area contributed by atoms with Gasteiger partial charge in [0.05, 0.1) is 0 Å². The van der Waals surface area contributed by atoms with E-state index in [-0.39, 0.29) is 4.92 Å². The van der Waals surface area contributed by atoms with Gasteiger partial charge in [0, 0.05) is 30.2 Å². The fourth-order valence-corrected chi connectivity index (χ4v) is 8.46. The second kappa shape index (κ2) is 11.6. The third-order valence-corrected chi connectivity index (χ3v) is 10.9. The van der Waals surface area contributed by atoms with Crippen LogP contribution in [0.15, 0.2) is 0 Å². The summed E-state index contributed by atoms with van der Waals surface area (Å²) in [7, 11) is 0. The molecule has 0 aromatic heterocycles. The zero-order valence-corrected chi connectivity index (χ0v) is 23.5. The van der Waals surface area contributed by atoms with Gasteiger partial charge >= 0.3 is 0 Å². The summed E-state index contributed by atoms with van der Waals surface area (Å²) in [5.41, 5.74) is 0.129. The number of nitro groups is 1. The molecule has 3 saturated carbocycles. The SMILES string of the molecule is CCNC1(C)CCCC(CC)(CC(C)C(C)C2CCCCCC(C)([N+](=O)[O-])CCCC3CC32)C1. The van der Waals surface area contributed by atoms with Gasteiger partial charge in [-0.15, -0.1) is 0 Å². The van der Waals surface area contributed by atoms with Crippen molar-refractivity contribution in [2.75, 3.05) is 6.54 Å². The molecule has 0 amide bonds. The van der Waals surface area contributed by atoms with Crippen LogP contribution in [0.3, 0.4) is 0 Å². The van der Waals surface area contributed by atoms with Crippen LogP contribution in [-0.4, -0.2) is 22.5 Å². The first-order chi connectivity index (χ1) is 16.1.